The number of nitrogens with zero attached hydrogens (tertiary/aromatic N) is 2. The van der Waals surface area contributed by atoms with Gasteiger partial charge in [0.15, 0.2) is 0 Å². The lowest BCUT2D eigenvalue weighted by molar-refractivity contribution is -0.214. The Morgan fingerprint density at radius 2 is 1.65 bits per heavy atom. The van der Waals surface area contributed by atoms with Gasteiger partial charge in [0.1, 0.15) is 0 Å². The lowest BCUT2D eigenvalue weighted by Crippen LogP contribution is -2.41. The molecule has 23 heavy (non-hydrogen) atoms. The van der Waals surface area contributed by atoms with Crippen LogP contribution in [0.15, 0.2) is 12.4 Å². The van der Waals surface area contributed by atoms with Crippen molar-refractivity contribution in [3.8, 4) is 0 Å². The zero-order chi connectivity index (χ0) is 17.7. The summed E-state index contributed by atoms with van der Waals surface area (Å²) in [5, 5.41) is 4.13. The first-order valence-electron chi connectivity index (χ1n) is 7.70. The molecule has 8 heteroatoms. The van der Waals surface area contributed by atoms with E-state index in [-0.39, 0.29) is 13.0 Å². The second-order valence-corrected chi connectivity index (χ2v) is 7.76. The van der Waals surface area contributed by atoms with E-state index in [1.54, 1.807) is 12.4 Å². The minimum atomic E-state index is -4.23. The summed E-state index contributed by atoms with van der Waals surface area (Å²) in [6, 6.07) is 0. The summed E-state index contributed by atoms with van der Waals surface area (Å²) in [5.74, 6) is 0. The highest BCUT2D eigenvalue weighted by Gasteiger charge is 2.52. The summed E-state index contributed by atoms with van der Waals surface area (Å²) in [6.45, 7) is 10.4. The molecule has 0 radical (unpaired) electrons. The van der Waals surface area contributed by atoms with Crippen LogP contribution in [0.3, 0.4) is 0 Å². The van der Waals surface area contributed by atoms with Crippen molar-refractivity contribution in [2.45, 2.75) is 71.9 Å². The fraction of sp³-hybridized carbons (Fsp3) is 0.800. The molecular formula is C15H24BF3N2O2. The first-order chi connectivity index (χ1) is 10.3. The molecule has 0 bridgehead atoms. The van der Waals surface area contributed by atoms with Gasteiger partial charge in [0.05, 0.1) is 16.6 Å². The molecule has 0 saturated carbocycles. The summed E-state index contributed by atoms with van der Waals surface area (Å²) in [5.41, 5.74) is -1.95. The molecule has 0 amide bonds. The smallest absolute Gasteiger partial charge is 0.399 e. The third-order valence-corrected chi connectivity index (χ3v) is 4.91. The number of halogens is 3. The highest BCUT2D eigenvalue weighted by Crippen LogP contribution is 2.40. The Bertz CT molecular complexity index is 551. The highest BCUT2D eigenvalue weighted by molar-refractivity contribution is 6.61. The molecule has 1 fully saturated rings. The summed E-state index contributed by atoms with van der Waals surface area (Å²) in [6.07, 6.45) is -0.993. The van der Waals surface area contributed by atoms with E-state index >= 15 is 0 Å². The van der Waals surface area contributed by atoms with Crippen molar-refractivity contribution in [2.75, 3.05) is 0 Å². The lowest BCUT2D eigenvalue weighted by atomic mass is 9.82. The van der Waals surface area contributed by atoms with Gasteiger partial charge >= 0.3 is 13.3 Å². The van der Waals surface area contributed by atoms with Crippen molar-refractivity contribution < 1.29 is 22.5 Å². The van der Waals surface area contributed by atoms with Gasteiger partial charge in [-0.1, -0.05) is 13.8 Å². The molecule has 0 N–H and O–H groups in total. The van der Waals surface area contributed by atoms with Crippen LogP contribution >= 0.6 is 0 Å². The Morgan fingerprint density at radius 1 is 1.13 bits per heavy atom. The molecule has 0 atom stereocenters. The van der Waals surface area contributed by atoms with Crippen molar-refractivity contribution in [3.63, 3.8) is 0 Å². The van der Waals surface area contributed by atoms with E-state index in [4.69, 9.17) is 9.31 Å². The van der Waals surface area contributed by atoms with E-state index in [1.807, 2.05) is 27.7 Å². The van der Waals surface area contributed by atoms with Gasteiger partial charge in [-0.15, -0.1) is 0 Å². The molecule has 1 aromatic rings. The molecule has 0 aliphatic carbocycles. The summed E-state index contributed by atoms with van der Waals surface area (Å²) >= 11 is 0. The van der Waals surface area contributed by atoms with Crippen LogP contribution in [0.5, 0.6) is 0 Å². The van der Waals surface area contributed by atoms with E-state index in [2.05, 4.69) is 5.10 Å². The monoisotopic (exact) mass is 332 g/mol. The maximum absolute atomic E-state index is 12.9. The van der Waals surface area contributed by atoms with Crippen LogP contribution in [-0.2, 0) is 15.9 Å². The first kappa shape index (κ1) is 18.3. The second-order valence-electron chi connectivity index (χ2n) is 7.76. The predicted octanol–water partition coefficient (Wildman–Crippen LogP) is 3.16. The quantitative estimate of drug-likeness (QED) is 0.795. The third kappa shape index (κ3) is 3.58. The summed E-state index contributed by atoms with van der Waals surface area (Å²) in [7, 11) is -0.552. The molecule has 4 nitrogen and oxygen atoms in total. The third-order valence-electron chi connectivity index (χ3n) is 4.91. The van der Waals surface area contributed by atoms with E-state index in [9.17, 15) is 13.2 Å². The normalized spacial score (nSPS) is 21.0. The van der Waals surface area contributed by atoms with Crippen molar-refractivity contribution in [1.29, 1.82) is 0 Å². The van der Waals surface area contributed by atoms with Crippen molar-refractivity contribution in [3.05, 3.63) is 12.4 Å². The van der Waals surface area contributed by atoms with E-state index in [1.165, 1.54) is 18.5 Å². The van der Waals surface area contributed by atoms with Crippen molar-refractivity contribution in [2.24, 2.45) is 5.41 Å². The number of hydrogen-bond acceptors (Lipinski definition) is 3. The lowest BCUT2D eigenvalue weighted by Gasteiger charge is -2.32. The Hall–Kier alpha value is -1.02. The van der Waals surface area contributed by atoms with Crippen molar-refractivity contribution >= 4 is 12.6 Å². The summed E-state index contributed by atoms with van der Waals surface area (Å²) < 4.78 is 52.0. The van der Waals surface area contributed by atoms with E-state index in [0.717, 1.165) is 0 Å². The Balaban J connectivity index is 2.03. The van der Waals surface area contributed by atoms with Gasteiger partial charge in [0, 0.05) is 24.4 Å². The van der Waals surface area contributed by atoms with Crippen LogP contribution in [0.25, 0.3) is 0 Å². The standard InChI is InChI=1S/C15H24BF3N2O2/c1-12(2,15(17,18)19)7-8-21-10-11(9-20-21)16-22-13(3,4)14(5,6)23-16/h9-10H,7-8H2,1-6H3. The fourth-order valence-corrected chi connectivity index (χ4v) is 2.14. The van der Waals surface area contributed by atoms with Crippen LogP contribution in [0.2, 0.25) is 0 Å². The van der Waals surface area contributed by atoms with Gasteiger partial charge in [-0.25, -0.2) is 0 Å². The van der Waals surface area contributed by atoms with Crippen LogP contribution in [-0.4, -0.2) is 34.3 Å². The number of rotatable bonds is 4. The molecule has 1 aliphatic heterocycles. The number of hydrogen-bond donors (Lipinski definition) is 0. The minimum absolute atomic E-state index is 0.0407. The zero-order valence-electron chi connectivity index (χ0n) is 14.5. The number of aryl methyl sites for hydroxylation is 1. The van der Waals surface area contributed by atoms with E-state index < -0.39 is 29.9 Å². The van der Waals surface area contributed by atoms with Crippen LogP contribution in [0.4, 0.5) is 13.2 Å². The number of alkyl halides is 3. The SMILES string of the molecule is CC(C)(CCn1cc(B2OC(C)(C)C(C)(C)O2)cn1)C(F)(F)F. The van der Waals surface area contributed by atoms with Gasteiger partial charge in [-0.2, -0.15) is 18.3 Å². The molecule has 1 saturated heterocycles. The first-order valence-corrected chi connectivity index (χ1v) is 7.70. The largest absolute Gasteiger partial charge is 0.498 e. The Morgan fingerprint density at radius 3 is 2.13 bits per heavy atom. The molecule has 1 aromatic heterocycles. The predicted molar refractivity (Wildman–Crippen MR) is 82.4 cm³/mol. The average Bonchev–Trinajstić information content (AvgIpc) is 2.89. The topological polar surface area (TPSA) is 36.3 Å². The zero-order valence-corrected chi connectivity index (χ0v) is 14.5. The molecular weight excluding hydrogens is 308 g/mol. The van der Waals surface area contributed by atoms with Gasteiger partial charge in [0.2, 0.25) is 0 Å². The van der Waals surface area contributed by atoms with Crippen LogP contribution in [0.1, 0.15) is 48.0 Å². The minimum Gasteiger partial charge on any atom is -0.399 e. The second kappa shape index (κ2) is 5.51. The molecule has 0 spiro atoms. The molecule has 1 aliphatic rings. The van der Waals surface area contributed by atoms with E-state index in [0.29, 0.717) is 5.46 Å². The highest BCUT2D eigenvalue weighted by atomic mass is 19.4. The average molecular weight is 332 g/mol. The Labute approximate surface area is 135 Å². The van der Waals surface area contributed by atoms with Crippen LogP contribution in [0, 0.1) is 5.41 Å². The summed E-state index contributed by atoms with van der Waals surface area (Å²) in [4.78, 5) is 0. The van der Waals surface area contributed by atoms with Gasteiger partial charge in [-0.05, 0) is 34.1 Å². The fourth-order valence-electron chi connectivity index (χ4n) is 2.14. The molecule has 0 aromatic carbocycles. The Kier molecular flexibility index (Phi) is 4.39. The van der Waals surface area contributed by atoms with Crippen LogP contribution < -0.4 is 5.46 Å². The molecule has 2 heterocycles. The molecule has 0 unspecified atom stereocenters. The van der Waals surface area contributed by atoms with Gasteiger partial charge < -0.3 is 9.31 Å². The van der Waals surface area contributed by atoms with Gasteiger partial charge in [0.25, 0.3) is 0 Å². The van der Waals surface area contributed by atoms with Gasteiger partial charge in [-0.3, -0.25) is 4.68 Å². The maximum Gasteiger partial charge on any atom is 0.498 e. The maximum atomic E-state index is 12.9. The molecule has 130 valence electrons. The number of aromatic nitrogens is 2. The molecule has 2 rings (SSSR count). The van der Waals surface area contributed by atoms with Crippen molar-refractivity contribution in [1.82, 2.24) is 9.78 Å².